The second-order valence-corrected chi connectivity index (χ2v) is 6.34. The number of amides is 2. The number of carbonyl (C=O) groups excluding carboxylic acids is 2. The van der Waals surface area contributed by atoms with Crippen LogP contribution in [0.5, 0.6) is 0 Å². The number of hydrogen-bond donors (Lipinski definition) is 0. The first kappa shape index (κ1) is 16.0. The molecule has 3 rings (SSSR count). The van der Waals surface area contributed by atoms with E-state index in [1.165, 1.54) is 6.42 Å². The van der Waals surface area contributed by atoms with E-state index in [0.29, 0.717) is 37.6 Å². The van der Waals surface area contributed by atoms with Crippen LogP contribution in [0.1, 0.15) is 44.3 Å². The van der Waals surface area contributed by atoms with Gasteiger partial charge in [-0.2, -0.15) is 4.98 Å². The van der Waals surface area contributed by atoms with Crippen molar-refractivity contribution in [2.75, 3.05) is 26.2 Å². The first-order valence-corrected chi connectivity index (χ1v) is 8.55. The van der Waals surface area contributed by atoms with Crippen LogP contribution in [0.15, 0.2) is 4.52 Å². The molecule has 126 valence electrons. The molecule has 2 fully saturated rings. The normalized spacial score (nSPS) is 18.8. The van der Waals surface area contributed by atoms with Crippen LogP contribution in [-0.4, -0.2) is 57.9 Å². The van der Waals surface area contributed by atoms with Gasteiger partial charge in [0.2, 0.25) is 17.7 Å². The van der Waals surface area contributed by atoms with Crippen LogP contribution in [0.4, 0.5) is 0 Å². The molecular weight excluding hydrogens is 296 g/mol. The summed E-state index contributed by atoms with van der Waals surface area (Å²) in [6, 6.07) is 0. The minimum atomic E-state index is -0.00727. The summed E-state index contributed by atoms with van der Waals surface area (Å²) in [5, 5.41) is 3.82. The average Bonchev–Trinajstić information content (AvgIpc) is 3.00. The molecule has 2 aliphatic rings. The van der Waals surface area contributed by atoms with Crippen LogP contribution in [0, 0.1) is 5.92 Å². The van der Waals surface area contributed by atoms with E-state index in [0.717, 1.165) is 32.4 Å². The SMILES string of the molecule is CCc1noc(CCC(=O)N2CC(C(=O)N3CCCCC3)C2)n1. The van der Waals surface area contributed by atoms with Crippen molar-refractivity contribution in [1.29, 1.82) is 0 Å². The molecular formula is C16H24N4O3. The first-order valence-electron chi connectivity index (χ1n) is 8.55. The molecule has 2 aliphatic heterocycles. The van der Waals surface area contributed by atoms with Gasteiger partial charge in [-0.05, 0) is 19.3 Å². The van der Waals surface area contributed by atoms with E-state index in [2.05, 4.69) is 10.1 Å². The van der Waals surface area contributed by atoms with Crippen LogP contribution in [0.2, 0.25) is 0 Å². The minimum absolute atomic E-state index is 0.00727. The number of rotatable bonds is 5. The Hall–Kier alpha value is -1.92. The van der Waals surface area contributed by atoms with E-state index >= 15 is 0 Å². The molecule has 0 N–H and O–H groups in total. The zero-order valence-electron chi connectivity index (χ0n) is 13.7. The molecule has 0 aliphatic carbocycles. The second-order valence-electron chi connectivity index (χ2n) is 6.34. The van der Waals surface area contributed by atoms with E-state index < -0.39 is 0 Å². The number of hydrogen-bond acceptors (Lipinski definition) is 5. The van der Waals surface area contributed by atoms with Crippen molar-refractivity contribution in [2.24, 2.45) is 5.92 Å². The highest BCUT2D eigenvalue weighted by atomic mass is 16.5. The Kier molecular flexibility index (Phi) is 4.93. The monoisotopic (exact) mass is 320 g/mol. The molecule has 2 amide bonds. The third-order valence-electron chi connectivity index (χ3n) is 4.63. The van der Waals surface area contributed by atoms with Gasteiger partial charge in [-0.3, -0.25) is 9.59 Å². The Morgan fingerprint density at radius 1 is 1.17 bits per heavy atom. The van der Waals surface area contributed by atoms with Gasteiger partial charge in [0.05, 0.1) is 5.92 Å². The van der Waals surface area contributed by atoms with Crippen LogP contribution in [0.3, 0.4) is 0 Å². The summed E-state index contributed by atoms with van der Waals surface area (Å²) >= 11 is 0. The van der Waals surface area contributed by atoms with E-state index in [9.17, 15) is 9.59 Å². The summed E-state index contributed by atoms with van der Waals surface area (Å²) in [6.07, 6.45) is 4.97. The van der Waals surface area contributed by atoms with E-state index in [1.54, 1.807) is 4.90 Å². The van der Waals surface area contributed by atoms with Gasteiger partial charge in [0.1, 0.15) is 0 Å². The smallest absolute Gasteiger partial charge is 0.229 e. The number of carbonyl (C=O) groups is 2. The van der Waals surface area contributed by atoms with Crippen LogP contribution < -0.4 is 0 Å². The first-order chi connectivity index (χ1) is 11.2. The lowest BCUT2D eigenvalue weighted by molar-refractivity contribution is -0.149. The highest BCUT2D eigenvalue weighted by Crippen LogP contribution is 2.21. The predicted octanol–water partition coefficient (Wildman–Crippen LogP) is 1.04. The van der Waals surface area contributed by atoms with Crippen molar-refractivity contribution in [2.45, 2.75) is 45.4 Å². The molecule has 0 unspecified atom stereocenters. The highest BCUT2D eigenvalue weighted by molar-refractivity contribution is 5.84. The molecule has 23 heavy (non-hydrogen) atoms. The van der Waals surface area contributed by atoms with Crippen molar-refractivity contribution in [3.05, 3.63) is 11.7 Å². The zero-order valence-corrected chi connectivity index (χ0v) is 13.7. The lowest BCUT2D eigenvalue weighted by Gasteiger charge is -2.41. The van der Waals surface area contributed by atoms with Gasteiger partial charge in [-0.25, -0.2) is 0 Å². The number of piperidine rings is 1. The number of likely N-dealkylation sites (tertiary alicyclic amines) is 2. The Labute approximate surface area is 136 Å². The molecule has 0 atom stereocenters. The van der Waals surface area contributed by atoms with Gasteiger partial charge in [0.25, 0.3) is 0 Å². The maximum absolute atomic E-state index is 12.3. The fourth-order valence-electron chi connectivity index (χ4n) is 3.12. The van der Waals surface area contributed by atoms with Gasteiger partial charge < -0.3 is 14.3 Å². The lowest BCUT2D eigenvalue weighted by atomic mass is 9.96. The second kappa shape index (κ2) is 7.10. The van der Waals surface area contributed by atoms with Crippen LogP contribution in [-0.2, 0) is 22.4 Å². The predicted molar refractivity (Wildman–Crippen MR) is 82.5 cm³/mol. The minimum Gasteiger partial charge on any atom is -0.342 e. The van der Waals surface area contributed by atoms with E-state index in [-0.39, 0.29) is 17.7 Å². The number of nitrogens with zero attached hydrogens (tertiary/aromatic N) is 4. The number of aromatic nitrogens is 2. The van der Waals surface area contributed by atoms with Gasteiger partial charge in [0, 0.05) is 45.4 Å². The quantitative estimate of drug-likeness (QED) is 0.810. The molecule has 0 radical (unpaired) electrons. The Balaban J connectivity index is 1.40. The molecule has 0 saturated carbocycles. The summed E-state index contributed by atoms with van der Waals surface area (Å²) < 4.78 is 5.08. The van der Waals surface area contributed by atoms with Crippen molar-refractivity contribution >= 4 is 11.8 Å². The largest absolute Gasteiger partial charge is 0.342 e. The molecule has 0 spiro atoms. The maximum Gasteiger partial charge on any atom is 0.229 e. The molecule has 0 bridgehead atoms. The molecule has 7 heteroatoms. The Bertz CT molecular complexity index is 559. The summed E-state index contributed by atoms with van der Waals surface area (Å²) in [5.41, 5.74) is 0. The van der Waals surface area contributed by atoms with Crippen molar-refractivity contribution in [1.82, 2.24) is 19.9 Å². The molecule has 3 heterocycles. The van der Waals surface area contributed by atoms with E-state index in [1.807, 2.05) is 11.8 Å². The number of aryl methyl sites for hydroxylation is 2. The van der Waals surface area contributed by atoms with Gasteiger partial charge >= 0.3 is 0 Å². The lowest BCUT2D eigenvalue weighted by Crippen LogP contribution is -2.57. The highest BCUT2D eigenvalue weighted by Gasteiger charge is 2.37. The molecule has 1 aromatic heterocycles. The molecule has 2 saturated heterocycles. The molecule has 7 nitrogen and oxygen atoms in total. The third kappa shape index (κ3) is 3.71. The fraction of sp³-hybridized carbons (Fsp3) is 0.750. The molecule has 1 aromatic rings. The topological polar surface area (TPSA) is 79.5 Å². The summed E-state index contributed by atoms with van der Waals surface area (Å²) in [4.78, 5) is 32.4. The Morgan fingerprint density at radius 2 is 1.91 bits per heavy atom. The van der Waals surface area contributed by atoms with Crippen molar-refractivity contribution in [3.8, 4) is 0 Å². The van der Waals surface area contributed by atoms with Crippen LogP contribution >= 0.6 is 0 Å². The van der Waals surface area contributed by atoms with Gasteiger partial charge in [0.15, 0.2) is 5.82 Å². The average molecular weight is 320 g/mol. The fourth-order valence-corrected chi connectivity index (χ4v) is 3.12. The summed E-state index contributed by atoms with van der Waals surface area (Å²) in [6.45, 7) is 4.82. The third-order valence-corrected chi connectivity index (χ3v) is 4.63. The van der Waals surface area contributed by atoms with Crippen molar-refractivity contribution in [3.63, 3.8) is 0 Å². The summed E-state index contributed by atoms with van der Waals surface area (Å²) in [5.74, 6) is 1.45. The standard InChI is InChI=1S/C16H24N4O3/c1-2-13-17-14(23-18-13)6-7-15(21)20-10-12(11-20)16(22)19-8-4-3-5-9-19/h12H,2-11H2,1H3. The summed E-state index contributed by atoms with van der Waals surface area (Å²) in [7, 11) is 0. The molecule has 0 aromatic carbocycles. The van der Waals surface area contributed by atoms with Gasteiger partial charge in [-0.15, -0.1) is 0 Å². The zero-order chi connectivity index (χ0) is 16.2. The Morgan fingerprint density at radius 3 is 2.57 bits per heavy atom. The maximum atomic E-state index is 12.3. The van der Waals surface area contributed by atoms with Gasteiger partial charge in [-0.1, -0.05) is 12.1 Å². The van der Waals surface area contributed by atoms with E-state index in [4.69, 9.17) is 4.52 Å². The van der Waals surface area contributed by atoms with Crippen molar-refractivity contribution < 1.29 is 14.1 Å². The van der Waals surface area contributed by atoms with Crippen LogP contribution in [0.25, 0.3) is 0 Å².